The van der Waals surface area contributed by atoms with Crippen molar-refractivity contribution in [2.75, 3.05) is 31.2 Å². The number of rotatable bonds is 3. The maximum atomic E-state index is 10.7. The van der Waals surface area contributed by atoms with Gasteiger partial charge in [-0.15, -0.1) is 0 Å². The molecule has 1 saturated heterocycles. The molecule has 4 heteroatoms. The zero-order valence-corrected chi connectivity index (χ0v) is 11.7. The zero-order valence-electron chi connectivity index (χ0n) is 11.7. The number of anilines is 1. The zero-order chi connectivity index (χ0) is 13.8. The highest BCUT2D eigenvalue weighted by atomic mass is 16.5. The molecule has 4 nitrogen and oxygen atoms in total. The Hall–Kier alpha value is -1.64. The van der Waals surface area contributed by atoms with E-state index < -0.39 is 0 Å². The predicted octanol–water partition coefficient (Wildman–Crippen LogP) is 2.63. The van der Waals surface area contributed by atoms with Crippen LogP contribution in [0.2, 0.25) is 0 Å². The average molecular weight is 272 g/mol. The van der Waals surface area contributed by atoms with Crippen LogP contribution in [0.15, 0.2) is 29.3 Å². The van der Waals surface area contributed by atoms with E-state index in [1.165, 1.54) is 5.69 Å². The average Bonchev–Trinajstić information content (AvgIpc) is 2.99. The minimum atomic E-state index is -0.314. The quantitative estimate of drug-likeness (QED) is 0.627. The van der Waals surface area contributed by atoms with Crippen LogP contribution in [0.5, 0.6) is 0 Å². The summed E-state index contributed by atoms with van der Waals surface area (Å²) < 4.78 is 5.37. The fourth-order valence-electron chi connectivity index (χ4n) is 3.32. The summed E-state index contributed by atoms with van der Waals surface area (Å²) in [6.45, 7) is 3.47. The van der Waals surface area contributed by atoms with Gasteiger partial charge in [0.2, 0.25) is 6.08 Å². The first-order chi connectivity index (χ1) is 9.84. The van der Waals surface area contributed by atoms with E-state index in [2.05, 4.69) is 34.2 Å². The largest absolute Gasteiger partial charge is 0.378 e. The molecule has 1 aliphatic heterocycles. The summed E-state index contributed by atoms with van der Waals surface area (Å²) in [5.74, 6) is 0. The van der Waals surface area contributed by atoms with Crippen molar-refractivity contribution in [2.45, 2.75) is 31.2 Å². The minimum Gasteiger partial charge on any atom is -0.378 e. The highest BCUT2D eigenvalue weighted by molar-refractivity contribution is 5.50. The number of isocyanates is 1. The summed E-state index contributed by atoms with van der Waals surface area (Å²) in [7, 11) is 0. The lowest BCUT2D eigenvalue weighted by atomic mass is 9.89. The van der Waals surface area contributed by atoms with Crippen molar-refractivity contribution < 1.29 is 9.53 Å². The molecule has 1 saturated carbocycles. The van der Waals surface area contributed by atoms with Gasteiger partial charge in [-0.1, -0.05) is 25.0 Å². The van der Waals surface area contributed by atoms with Gasteiger partial charge in [-0.25, -0.2) is 4.79 Å². The second kappa shape index (κ2) is 5.78. The third-order valence-corrected chi connectivity index (χ3v) is 4.47. The van der Waals surface area contributed by atoms with Gasteiger partial charge in [0.05, 0.1) is 18.8 Å². The smallest absolute Gasteiger partial charge is 0.235 e. The second-order valence-corrected chi connectivity index (χ2v) is 5.59. The van der Waals surface area contributed by atoms with Gasteiger partial charge < -0.3 is 9.64 Å². The Morgan fingerprint density at radius 3 is 2.35 bits per heavy atom. The molecule has 106 valence electrons. The van der Waals surface area contributed by atoms with Gasteiger partial charge in [0.1, 0.15) is 0 Å². The lowest BCUT2D eigenvalue weighted by Crippen LogP contribution is -2.36. The van der Waals surface area contributed by atoms with Crippen molar-refractivity contribution in [3.8, 4) is 0 Å². The van der Waals surface area contributed by atoms with Crippen molar-refractivity contribution in [1.29, 1.82) is 0 Å². The van der Waals surface area contributed by atoms with Crippen LogP contribution in [-0.2, 0) is 15.1 Å². The van der Waals surface area contributed by atoms with Gasteiger partial charge in [0, 0.05) is 18.8 Å². The first-order valence-corrected chi connectivity index (χ1v) is 7.36. The maximum Gasteiger partial charge on any atom is 0.235 e. The van der Waals surface area contributed by atoms with Crippen LogP contribution in [0.4, 0.5) is 5.69 Å². The Labute approximate surface area is 119 Å². The van der Waals surface area contributed by atoms with E-state index in [1.54, 1.807) is 6.08 Å². The van der Waals surface area contributed by atoms with Crippen LogP contribution in [0.3, 0.4) is 0 Å². The number of morpholine rings is 1. The Morgan fingerprint density at radius 2 is 1.75 bits per heavy atom. The van der Waals surface area contributed by atoms with E-state index >= 15 is 0 Å². The molecule has 2 aliphatic rings. The van der Waals surface area contributed by atoms with Crippen LogP contribution < -0.4 is 4.90 Å². The fraction of sp³-hybridized carbons (Fsp3) is 0.562. The summed E-state index contributed by atoms with van der Waals surface area (Å²) in [6, 6.07) is 8.52. The molecule has 1 aliphatic carbocycles. The van der Waals surface area contributed by atoms with E-state index in [-0.39, 0.29) is 5.54 Å². The predicted molar refractivity (Wildman–Crippen MR) is 77.7 cm³/mol. The van der Waals surface area contributed by atoms with E-state index in [9.17, 15) is 4.79 Å². The molecule has 0 radical (unpaired) electrons. The monoisotopic (exact) mass is 272 g/mol. The van der Waals surface area contributed by atoms with E-state index in [0.29, 0.717) is 0 Å². The first kappa shape index (κ1) is 13.3. The van der Waals surface area contributed by atoms with Crippen molar-refractivity contribution >= 4 is 11.8 Å². The van der Waals surface area contributed by atoms with E-state index in [4.69, 9.17) is 4.74 Å². The molecular formula is C16H20N2O2. The van der Waals surface area contributed by atoms with Gasteiger partial charge in [0.25, 0.3) is 0 Å². The Morgan fingerprint density at radius 1 is 1.10 bits per heavy atom. The summed E-state index contributed by atoms with van der Waals surface area (Å²) in [6.07, 6.45) is 5.96. The standard InChI is InChI=1S/C16H20N2O2/c19-13-17-16(7-1-2-8-16)14-3-5-15(6-4-14)18-9-11-20-12-10-18/h3-6H,1-2,7-12H2. The number of carbonyl (C=O) groups excluding carboxylic acids is 1. The lowest BCUT2D eigenvalue weighted by molar-refractivity contribution is 0.122. The Bertz CT molecular complexity index is 494. The third kappa shape index (κ3) is 2.49. The molecule has 0 bridgehead atoms. The van der Waals surface area contributed by atoms with Crippen LogP contribution in [0.1, 0.15) is 31.2 Å². The lowest BCUT2D eigenvalue weighted by Gasteiger charge is -2.30. The first-order valence-electron chi connectivity index (χ1n) is 7.36. The normalized spacial score (nSPS) is 21.5. The topological polar surface area (TPSA) is 41.9 Å². The van der Waals surface area contributed by atoms with Crippen LogP contribution >= 0.6 is 0 Å². The van der Waals surface area contributed by atoms with Crippen LogP contribution in [0, 0.1) is 0 Å². The summed E-state index contributed by atoms with van der Waals surface area (Å²) in [4.78, 5) is 17.2. The van der Waals surface area contributed by atoms with Crippen LogP contribution in [0.25, 0.3) is 0 Å². The van der Waals surface area contributed by atoms with Crippen molar-refractivity contribution in [2.24, 2.45) is 4.99 Å². The van der Waals surface area contributed by atoms with Gasteiger partial charge >= 0.3 is 0 Å². The highest BCUT2D eigenvalue weighted by Gasteiger charge is 2.35. The number of benzene rings is 1. The summed E-state index contributed by atoms with van der Waals surface area (Å²) in [5.41, 5.74) is 2.06. The highest BCUT2D eigenvalue weighted by Crippen LogP contribution is 2.42. The molecule has 0 unspecified atom stereocenters. The van der Waals surface area contributed by atoms with Crippen molar-refractivity contribution in [3.63, 3.8) is 0 Å². The van der Waals surface area contributed by atoms with Gasteiger partial charge in [0.15, 0.2) is 0 Å². The number of aliphatic imine (C=N–C) groups is 1. The van der Waals surface area contributed by atoms with Crippen molar-refractivity contribution in [1.82, 2.24) is 0 Å². The number of nitrogens with zero attached hydrogens (tertiary/aromatic N) is 2. The molecule has 3 rings (SSSR count). The van der Waals surface area contributed by atoms with E-state index in [1.807, 2.05) is 0 Å². The fourth-order valence-corrected chi connectivity index (χ4v) is 3.32. The Kier molecular flexibility index (Phi) is 3.86. The minimum absolute atomic E-state index is 0.314. The number of hydrogen-bond donors (Lipinski definition) is 0. The van der Waals surface area contributed by atoms with Gasteiger partial charge in [-0.2, -0.15) is 4.99 Å². The molecule has 0 N–H and O–H groups in total. The molecule has 1 aromatic rings. The maximum absolute atomic E-state index is 10.7. The molecule has 0 spiro atoms. The van der Waals surface area contributed by atoms with Crippen LogP contribution in [-0.4, -0.2) is 32.4 Å². The molecule has 0 amide bonds. The molecule has 20 heavy (non-hydrogen) atoms. The third-order valence-electron chi connectivity index (χ3n) is 4.47. The molecule has 0 aromatic heterocycles. The second-order valence-electron chi connectivity index (χ2n) is 5.59. The summed E-state index contributed by atoms with van der Waals surface area (Å²) >= 11 is 0. The molecular weight excluding hydrogens is 252 g/mol. The number of hydrogen-bond acceptors (Lipinski definition) is 4. The summed E-state index contributed by atoms with van der Waals surface area (Å²) in [5, 5.41) is 0. The molecule has 1 aromatic carbocycles. The molecule has 0 atom stereocenters. The van der Waals surface area contributed by atoms with Gasteiger partial charge in [-0.05, 0) is 30.5 Å². The molecule has 1 heterocycles. The Balaban J connectivity index is 1.82. The van der Waals surface area contributed by atoms with Crippen molar-refractivity contribution in [3.05, 3.63) is 29.8 Å². The number of ether oxygens (including phenoxy) is 1. The van der Waals surface area contributed by atoms with Gasteiger partial charge in [-0.3, -0.25) is 0 Å². The SMILES string of the molecule is O=C=NC1(c2ccc(N3CCOCC3)cc2)CCCC1. The van der Waals surface area contributed by atoms with E-state index in [0.717, 1.165) is 57.6 Å². The molecule has 2 fully saturated rings.